The van der Waals surface area contributed by atoms with Crippen LogP contribution in [0.3, 0.4) is 0 Å². The predicted octanol–water partition coefficient (Wildman–Crippen LogP) is 4.35. The minimum Gasteiger partial charge on any atom is -0.310 e. The first kappa shape index (κ1) is 14.8. The number of hydrogen-bond acceptors (Lipinski definition) is 1. The summed E-state index contributed by atoms with van der Waals surface area (Å²) in [6.45, 7) is 12.8. The Morgan fingerprint density at radius 3 is 2.20 bits per heavy atom. The summed E-state index contributed by atoms with van der Waals surface area (Å²) in [5.41, 5.74) is 1.25. The molecule has 1 heterocycles. The Morgan fingerprint density at radius 1 is 1.00 bits per heavy atom. The van der Waals surface area contributed by atoms with E-state index in [4.69, 9.17) is 0 Å². The molecule has 2 aromatic rings. The van der Waals surface area contributed by atoms with Gasteiger partial charge in [0, 0.05) is 11.7 Å². The molecule has 2 rings (SSSR count). The maximum atomic E-state index is 12.8. The van der Waals surface area contributed by atoms with E-state index in [9.17, 15) is 4.79 Å². The number of fused-ring (bicyclic) bond motifs is 1. The van der Waals surface area contributed by atoms with Crippen LogP contribution in [0.1, 0.15) is 47.1 Å². The van der Waals surface area contributed by atoms with Crippen molar-refractivity contribution in [2.24, 2.45) is 5.41 Å². The van der Waals surface area contributed by atoms with Gasteiger partial charge in [-0.05, 0) is 49.6 Å². The largest absolute Gasteiger partial charge is 0.310 e. The molecule has 0 N–H and O–H groups in total. The molecule has 0 radical (unpaired) electrons. The Balaban J connectivity index is 2.75. The summed E-state index contributed by atoms with van der Waals surface area (Å²) < 4.78 is 1.83. The molecule has 0 aliphatic heterocycles. The van der Waals surface area contributed by atoms with Gasteiger partial charge in [0.2, 0.25) is 0 Å². The van der Waals surface area contributed by atoms with Crippen molar-refractivity contribution in [2.75, 3.05) is 0 Å². The zero-order chi connectivity index (χ0) is 15.1. The number of benzene rings is 1. The van der Waals surface area contributed by atoms with Gasteiger partial charge in [-0.15, -0.1) is 0 Å². The number of aromatic nitrogens is 1. The number of pyridine rings is 1. The minimum absolute atomic E-state index is 0.120. The van der Waals surface area contributed by atoms with Gasteiger partial charge in [-0.25, -0.2) is 0 Å². The highest BCUT2D eigenvalue weighted by Gasteiger charge is 2.19. The van der Waals surface area contributed by atoms with E-state index in [0.717, 1.165) is 22.8 Å². The Hall–Kier alpha value is -1.57. The third kappa shape index (κ3) is 2.95. The van der Waals surface area contributed by atoms with Crippen LogP contribution in [-0.4, -0.2) is 4.57 Å². The van der Waals surface area contributed by atoms with Gasteiger partial charge in [0.25, 0.3) is 5.56 Å². The topological polar surface area (TPSA) is 22.0 Å². The second-order valence-corrected chi connectivity index (χ2v) is 7.78. The lowest BCUT2D eigenvalue weighted by Crippen LogP contribution is -2.33. The van der Waals surface area contributed by atoms with E-state index in [-0.39, 0.29) is 16.5 Å². The fourth-order valence-corrected chi connectivity index (χ4v) is 2.61. The van der Waals surface area contributed by atoms with E-state index in [1.54, 1.807) is 0 Å². The first-order valence-electron chi connectivity index (χ1n) is 7.23. The van der Waals surface area contributed by atoms with Crippen LogP contribution in [0.15, 0.2) is 35.3 Å². The van der Waals surface area contributed by atoms with Crippen LogP contribution in [0.2, 0.25) is 0 Å². The average Bonchev–Trinajstić information content (AvgIpc) is 2.25. The lowest BCUT2D eigenvalue weighted by molar-refractivity contribution is 0.385. The van der Waals surface area contributed by atoms with E-state index in [2.05, 4.69) is 47.6 Å². The summed E-state index contributed by atoms with van der Waals surface area (Å²) in [4.78, 5) is 12.8. The van der Waals surface area contributed by atoms with E-state index in [1.807, 2.05) is 29.0 Å². The zero-order valence-corrected chi connectivity index (χ0v) is 13.4. The van der Waals surface area contributed by atoms with Gasteiger partial charge in [0.05, 0.1) is 5.39 Å². The molecule has 0 bridgehead atoms. The van der Waals surface area contributed by atoms with E-state index in [0.29, 0.717) is 0 Å². The quantitative estimate of drug-likeness (QED) is 0.756. The van der Waals surface area contributed by atoms with Crippen molar-refractivity contribution in [2.45, 2.75) is 53.5 Å². The third-order valence-electron chi connectivity index (χ3n) is 3.46. The molecule has 0 aliphatic carbocycles. The van der Waals surface area contributed by atoms with Gasteiger partial charge in [-0.2, -0.15) is 0 Å². The molecule has 1 aromatic heterocycles. The molecule has 2 nitrogen and oxygen atoms in total. The van der Waals surface area contributed by atoms with Crippen molar-refractivity contribution in [3.05, 3.63) is 46.4 Å². The minimum atomic E-state index is -0.194. The standard InChI is InChI=1S/C18H25NO/c1-17(2,3)12-14-9-7-8-13-10-11-19(18(4,5)6)16(20)15(13)14/h7-11H,12H2,1-6H3. The van der Waals surface area contributed by atoms with Crippen molar-refractivity contribution in [1.29, 1.82) is 0 Å². The van der Waals surface area contributed by atoms with Gasteiger partial charge in [0.1, 0.15) is 0 Å². The Morgan fingerprint density at radius 2 is 1.65 bits per heavy atom. The summed E-state index contributed by atoms with van der Waals surface area (Å²) in [5, 5.41) is 1.91. The Kier molecular flexibility index (Phi) is 3.53. The summed E-state index contributed by atoms with van der Waals surface area (Å²) in [6, 6.07) is 8.20. The van der Waals surface area contributed by atoms with Crippen LogP contribution in [-0.2, 0) is 12.0 Å². The first-order chi connectivity index (χ1) is 9.09. The SMILES string of the molecule is CC(C)(C)Cc1cccc2ccn(C(C)(C)C)c(=O)c12. The van der Waals surface area contributed by atoms with Gasteiger partial charge in [-0.1, -0.05) is 39.0 Å². The van der Waals surface area contributed by atoms with Crippen LogP contribution in [0.25, 0.3) is 10.8 Å². The van der Waals surface area contributed by atoms with Gasteiger partial charge < -0.3 is 4.57 Å². The van der Waals surface area contributed by atoms with Gasteiger partial charge in [-0.3, -0.25) is 4.79 Å². The molecule has 108 valence electrons. The molecule has 0 amide bonds. The summed E-state index contributed by atoms with van der Waals surface area (Å²) in [5.74, 6) is 0. The molecule has 2 heteroatoms. The molecule has 0 aliphatic rings. The second kappa shape index (κ2) is 4.76. The van der Waals surface area contributed by atoms with Crippen LogP contribution in [0.5, 0.6) is 0 Å². The van der Waals surface area contributed by atoms with Crippen molar-refractivity contribution in [3.63, 3.8) is 0 Å². The van der Waals surface area contributed by atoms with E-state index in [1.165, 1.54) is 0 Å². The predicted molar refractivity (Wildman–Crippen MR) is 86.4 cm³/mol. The summed E-state index contributed by atoms with van der Waals surface area (Å²) in [6.07, 6.45) is 2.82. The number of rotatable bonds is 1. The molecular formula is C18H25NO. The smallest absolute Gasteiger partial charge is 0.259 e. The maximum Gasteiger partial charge on any atom is 0.259 e. The molecule has 0 fully saturated rings. The van der Waals surface area contributed by atoms with Crippen LogP contribution < -0.4 is 5.56 Å². The van der Waals surface area contributed by atoms with Crippen molar-refractivity contribution >= 4 is 10.8 Å². The number of nitrogens with zero attached hydrogens (tertiary/aromatic N) is 1. The Labute approximate surface area is 121 Å². The lowest BCUT2D eigenvalue weighted by atomic mass is 9.86. The van der Waals surface area contributed by atoms with Gasteiger partial charge >= 0.3 is 0 Å². The normalized spacial score (nSPS) is 12.9. The van der Waals surface area contributed by atoms with Gasteiger partial charge in [0.15, 0.2) is 0 Å². The summed E-state index contributed by atoms with van der Waals surface area (Å²) >= 11 is 0. The van der Waals surface area contributed by atoms with Crippen LogP contribution in [0.4, 0.5) is 0 Å². The zero-order valence-electron chi connectivity index (χ0n) is 13.4. The molecule has 20 heavy (non-hydrogen) atoms. The first-order valence-corrected chi connectivity index (χ1v) is 7.23. The molecule has 0 saturated heterocycles. The molecule has 1 aromatic carbocycles. The van der Waals surface area contributed by atoms with E-state index >= 15 is 0 Å². The van der Waals surface area contributed by atoms with Crippen LogP contribution >= 0.6 is 0 Å². The van der Waals surface area contributed by atoms with Crippen molar-refractivity contribution in [3.8, 4) is 0 Å². The van der Waals surface area contributed by atoms with Crippen LogP contribution in [0, 0.1) is 5.41 Å². The molecule has 0 spiro atoms. The number of hydrogen-bond donors (Lipinski definition) is 0. The maximum absolute atomic E-state index is 12.8. The van der Waals surface area contributed by atoms with E-state index < -0.39 is 0 Å². The highest BCUT2D eigenvalue weighted by atomic mass is 16.1. The van der Waals surface area contributed by atoms with Crippen molar-refractivity contribution < 1.29 is 0 Å². The van der Waals surface area contributed by atoms with Crippen molar-refractivity contribution in [1.82, 2.24) is 4.57 Å². The highest BCUT2D eigenvalue weighted by Crippen LogP contribution is 2.25. The second-order valence-electron chi connectivity index (χ2n) is 7.78. The molecular weight excluding hydrogens is 246 g/mol. The average molecular weight is 271 g/mol. The molecule has 0 atom stereocenters. The molecule has 0 unspecified atom stereocenters. The fraction of sp³-hybridized carbons (Fsp3) is 0.500. The fourth-order valence-electron chi connectivity index (χ4n) is 2.61. The highest BCUT2D eigenvalue weighted by molar-refractivity contribution is 5.84. The Bertz CT molecular complexity index is 681. The molecule has 0 saturated carbocycles. The summed E-state index contributed by atoms with van der Waals surface area (Å²) in [7, 11) is 0. The third-order valence-corrected chi connectivity index (χ3v) is 3.46. The lowest BCUT2D eigenvalue weighted by Gasteiger charge is -2.24. The monoisotopic (exact) mass is 271 g/mol.